The predicted molar refractivity (Wildman–Crippen MR) is 79.0 cm³/mol. The Labute approximate surface area is 134 Å². The lowest BCUT2D eigenvalue weighted by Crippen LogP contribution is -2.28. The van der Waals surface area contributed by atoms with Gasteiger partial charge in [0.05, 0.1) is 23.5 Å². The Morgan fingerprint density at radius 1 is 1.55 bits per heavy atom. The first-order chi connectivity index (χ1) is 10.4. The monoisotopic (exact) mass is 346 g/mol. The van der Waals surface area contributed by atoms with E-state index < -0.39 is 16.6 Å². The summed E-state index contributed by atoms with van der Waals surface area (Å²) in [6, 6.07) is 0. The van der Waals surface area contributed by atoms with Gasteiger partial charge in [0, 0.05) is 13.6 Å². The molecule has 0 aliphatic heterocycles. The van der Waals surface area contributed by atoms with Crippen molar-refractivity contribution in [1.82, 2.24) is 24.9 Å². The van der Waals surface area contributed by atoms with Crippen LogP contribution in [0.1, 0.15) is 23.1 Å². The minimum Gasteiger partial charge on any atom is -0.358 e. The number of hydrogen-bond donors (Lipinski definition) is 1. The summed E-state index contributed by atoms with van der Waals surface area (Å²) in [5.41, 5.74) is 0.440. The van der Waals surface area contributed by atoms with Crippen molar-refractivity contribution < 1.29 is 9.72 Å². The summed E-state index contributed by atoms with van der Waals surface area (Å²) in [4.78, 5) is 23.6. The number of carbonyl (C=O) groups is 1. The number of nitro groups is 1. The Morgan fingerprint density at radius 2 is 2.23 bits per heavy atom. The Bertz CT molecular complexity index is 725. The molecular formula is C11H12Cl2N6O3. The molecule has 0 fully saturated rings. The summed E-state index contributed by atoms with van der Waals surface area (Å²) in [7, 11) is 1.52. The van der Waals surface area contributed by atoms with Crippen LogP contribution >= 0.6 is 23.2 Å². The summed E-state index contributed by atoms with van der Waals surface area (Å²) in [6.45, 7) is 2.66. The number of amides is 1. The molecule has 0 unspecified atom stereocenters. The van der Waals surface area contributed by atoms with E-state index in [1.54, 1.807) is 4.68 Å². The molecule has 0 aliphatic carbocycles. The summed E-state index contributed by atoms with van der Waals surface area (Å²) >= 11 is 11.8. The van der Waals surface area contributed by atoms with Crippen molar-refractivity contribution in [2.24, 2.45) is 0 Å². The Balaban J connectivity index is 2.23. The lowest BCUT2D eigenvalue weighted by Gasteiger charge is -2.16. The molecule has 0 saturated carbocycles. The van der Waals surface area contributed by atoms with Crippen LogP contribution in [-0.4, -0.2) is 42.8 Å². The second-order valence-electron chi connectivity index (χ2n) is 4.41. The van der Waals surface area contributed by atoms with Crippen LogP contribution in [0, 0.1) is 10.1 Å². The Kier molecular flexibility index (Phi) is 4.67. The Hall–Kier alpha value is -2.13. The molecule has 2 rings (SSSR count). The van der Waals surface area contributed by atoms with Crippen molar-refractivity contribution in [2.75, 3.05) is 7.05 Å². The zero-order valence-corrected chi connectivity index (χ0v) is 13.2. The van der Waals surface area contributed by atoms with Crippen molar-refractivity contribution in [3.8, 4) is 0 Å². The van der Waals surface area contributed by atoms with Crippen molar-refractivity contribution in [3.05, 3.63) is 37.7 Å². The maximum absolute atomic E-state index is 12.3. The largest absolute Gasteiger partial charge is 0.362 e. The third kappa shape index (κ3) is 2.90. The number of rotatable bonds is 5. The molecule has 0 aromatic carbocycles. The molecule has 118 valence electrons. The van der Waals surface area contributed by atoms with Gasteiger partial charge in [0.2, 0.25) is 0 Å². The first-order valence-electron chi connectivity index (χ1n) is 6.20. The van der Waals surface area contributed by atoms with Gasteiger partial charge in [-0.25, -0.2) is 0 Å². The Morgan fingerprint density at radius 3 is 2.77 bits per heavy atom. The molecule has 2 aromatic heterocycles. The molecule has 11 heteroatoms. The van der Waals surface area contributed by atoms with Crippen molar-refractivity contribution in [3.63, 3.8) is 0 Å². The predicted octanol–water partition coefficient (Wildman–Crippen LogP) is 2.11. The molecule has 9 nitrogen and oxygen atoms in total. The second kappa shape index (κ2) is 6.32. The van der Waals surface area contributed by atoms with Crippen LogP contribution in [0.25, 0.3) is 0 Å². The van der Waals surface area contributed by atoms with E-state index in [1.807, 2.05) is 6.92 Å². The number of nitrogens with zero attached hydrogens (tertiary/aromatic N) is 5. The smallest absolute Gasteiger partial charge is 0.358 e. The summed E-state index contributed by atoms with van der Waals surface area (Å²) < 4.78 is 1.65. The molecule has 1 N–H and O–H groups in total. The highest BCUT2D eigenvalue weighted by Gasteiger charge is 2.28. The molecule has 0 bridgehead atoms. The number of nitrogens with one attached hydrogen (secondary N) is 1. The van der Waals surface area contributed by atoms with E-state index in [0.29, 0.717) is 17.3 Å². The topological polar surface area (TPSA) is 110 Å². The van der Waals surface area contributed by atoms with Gasteiger partial charge in [-0.15, -0.1) is 5.10 Å². The van der Waals surface area contributed by atoms with Crippen molar-refractivity contribution in [2.45, 2.75) is 20.0 Å². The molecule has 0 atom stereocenters. The van der Waals surface area contributed by atoms with Crippen LogP contribution in [0.2, 0.25) is 10.0 Å². The molecule has 2 aromatic rings. The third-order valence-electron chi connectivity index (χ3n) is 3.01. The molecule has 0 aliphatic rings. The third-order valence-corrected chi connectivity index (χ3v) is 3.68. The summed E-state index contributed by atoms with van der Waals surface area (Å²) in [6.07, 6.45) is 1.49. The van der Waals surface area contributed by atoms with E-state index in [9.17, 15) is 14.9 Å². The molecule has 0 spiro atoms. The fourth-order valence-corrected chi connectivity index (χ4v) is 2.31. The molecule has 1 amide bonds. The fourth-order valence-electron chi connectivity index (χ4n) is 1.88. The maximum atomic E-state index is 12.3. The van der Waals surface area contributed by atoms with E-state index in [-0.39, 0.29) is 17.3 Å². The van der Waals surface area contributed by atoms with Gasteiger partial charge in [-0.3, -0.25) is 9.48 Å². The van der Waals surface area contributed by atoms with Crippen LogP contribution < -0.4 is 0 Å². The number of halogens is 2. The van der Waals surface area contributed by atoms with Crippen LogP contribution in [0.4, 0.5) is 5.82 Å². The van der Waals surface area contributed by atoms with E-state index in [4.69, 9.17) is 23.2 Å². The first kappa shape index (κ1) is 16.2. The normalized spacial score (nSPS) is 10.7. The molecular weight excluding hydrogens is 335 g/mol. The van der Waals surface area contributed by atoms with Gasteiger partial charge in [-0.2, -0.15) is 5.10 Å². The minimum atomic E-state index is -0.741. The highest BCUT2D eigenvalue weighted by atomic mass is 35.5. The van der Waals surface area contributed by atoms with Gasteiger partial charge in [-0.1, -0.05) is 28.3 Å². The lowest BCUT2D eigenvalue weighted by molar-refractivity contribution is -0.389. The standard InChI is InChI=1S/C11H12Cl2N6O3/c1-3-18-7(6(12)4-14-18)5-17(2)11(20)9-8(13)10(16-15-9)19(21)22/h4H,3,5H2,1-2H3,(H,15,16). The van der Waals surface area contributed by atoms with Gasteiger partial charge < -0.3 is 15.0 Å². The quantitative estimate of drug-likeness (QED) is 0.658. The summed E-state index contributed by atoms with van der Waals surface area (Å²) in [5, 5.41) is 20.6. The van der Waals surface area contributed by atoms with Gasteiger partial charge >= 0.3 is 5.82 Å². The number of carbonyl (C=O) groups excluding carboxylic acids is 1. The van der Waals surface area contributed by atoms with Crippen molar-refractivity contribution >= 4 is 34.9 Å². The molecule has 2 heterocycles. The molecule has 22 heavy (non-hydrogen) atoms. The SMILES string of the molecule is CCn1ncc(Cl)c1CN(C)C(=O)c1n[nH]c([N+](=O)[O-])c1Cl. The number of hydrogen-bond acceptors (Lipinski definition) is 5. The van der Waals surface area contributed by atoms with E-state index in [1.165, 1.54) is 18.1 Å². The van der Waals surface area contributed by atoms with E-state index in [0.717, 1.165) is 0 Å². The van der Waals surface area contributed by atoms with Crippen LogP contribution in [0.5, 0.6) is 0 Å². The fraction of sp³-hybridized carbons (Fsp3) is 0.364. The first-order valence-corrected chi connectivity index (χ1v) is 6.96. The van der Waals surface area contributed by atoms with Crippen LogP contribution in [0.15, 0.2) is 6.20 Å². The van der Waals surface area contributed by atoms with Gasteiger partial charge in [-0.05, 0) is 11.8 Å². The average molecular weight is 347 g/mol. The van der Waals surface area contributed by atoms with Crippen LogP contribution in [0.3, 0.4) is 0 Å². The second-order valence-corrected chi connectivity index (χ2v) is 5.19. The zero-order chi connectivity index (χ0) is 16.4. The van der Waals surface area contributed by atoms with Gasteiger partial charge in [0.25, 0.3) is 5.91 Å². The average Bonchev–Trinajstić information content (AvgIpc) is 3.02. The zero-order valence-electron chi connectivity index (χ0n) is 11.7. The molecule has 0 saturated heterocycles. The number of aromatic amines is 1. The maximum Gasteiger partial charge on any atom is 0.362 e. The van der Waals surface area contributed by atoms with E-state index >= 15 is 0 Å². The van der Waals surface area contributed by atoms with Crippen LogP contribution in [-0.2, 0) is 13.1 Å². The minimum absolute atomic E-state index is 0.169. The molecule has 0 radical (unpaired) electrons. The highest BCUT2D eigenvalue weighted by Crippen LogP contribution is 2.26. The highest BCUT2D eigenvalue weighted by molar-refractivity contribution is 6.35. The van der Waals surface area contributed by atoms with E-state index in [2.05, 4.69) is 15.3 Å². The van der Waals surface area contributed by atoms with Crippen molar-refractivity contribution in [1.29, 1.82) is 0 Å². The lowest BCUT2D eigenvalue weighted by atomic mass is 10.3. The summed E-state index contributed by atoms with van der Waals surface area (Å²) in [5.74, 6) is -1.08. The van der Waals surface area contributed by atoms with Gasteiger partial charge in [0.1, 0.15) is 0 Å². The van der Waals surface area contributed by atoms with Gasteiger partial charge in [0.15, 0.2) is 10.7 Å². The number of H-pyrrole nitrogens is 1. The number of aromatic nitrogens is 4. The number of aryl methyl sites for hydroxylation is 1.